The highest BCUT2D eigenvalue weighted by atomic mass is 32.2. The van der Waals surface area contributed by atoms with Crippen LogP contribution in [0.4, 0.5) is 5.13 Å². The summed E-state index contributed by atoms with van der Waals surface area (Å²) < 4.78 is 38.4. The van der Waals surface area contributed by atoms with Gasteiger partial charge in [-0.2, -0.15) is 4.31 Å². The quantitative estimate of drug-likeness (QED) is 0.522. The molecule has 1 aliphatic rings. The smallest absolute Gasteiger partial charge is 0.246 e. The minimum Gasteiger partial charge on any atom is -0.497 e. The molecule has 0 aliphatic carbocycles. The Morgan fingerprint density at radius 1 is 1.00 bits per heavy atom. The molecular weight excluding hydrogens is 446 g/mol. The number of aromatic nitrogens is 1. The van der Waals surface area contributed by atoms with E-state index in [2.05, 4.69) is 41.5 Å². The molecule has 2 aromatic carbocycles. The number of rotatable bonds is 7. The Kier molecular flexibility index (Phi) is 6.68. The lowest BCUT2D eigenvalue weighted by atomic mass is 10.1. The molecule has 0 atom stereocenters. The Labute approximate surface area is 193 Å². The van der Waals surface area contributed by atoms with Crippen LogP contribution in [0.3, 0.4) is 0 Å². The van der Waals surface area contributed by atoms with Crippen molar-refractivity contribution >= 4 is 26.5 Å². The zero-order chi connectivity index (χ0) is 22.7. The SMILES string of the molecule is COc1ccc(S(=O)(=O)N2CCN(c3nc(Cc4ccc(C)cc4)cs3)CC2)c(OC)c1. The summed E-state index contributed by atoms with van der Waals surface area (Å²) >= 11 is 1.61. The molecule has 7 nitrogen and oxygen atoms in total. The van der Waals surface area contributed by atoms with E-state index in [4.69, 9.17) is 14.5 Å². The van der Waals surface area contributed by atoms with Gasteiger partial charge in [-0.3, -0.25) is 0 Å². The molecule has 9 heteroatoms. The van der Waals surface area contributed by atoms with Gasteiger partial charge in [-0.05, 0) is 24.6 Å². The first-order valence-electron chi connectivity index (χ1n) is 10.4. The number of methoxy groups -OCH3 is 2. The Bertz CT molecular complexity index is 1170. The molecule has 3 aromatic rings. The Morgan fingerprint density at radius 3 is 2.38 bits per heavy atom. The summed E-state index contributed by atoms with van der Waals surface area (Å²) in [7, 11) is -0.670. The molecule has 1 aliphatic heterocycles. The molecule has 170 valence electrons. The predicted molar refractivity (Wildman–Crippen MR) is 127 cm³/mol. The van der Waals surface area contributed by atoms with E-state index >= 15 is 0 Å². The summed E-state index contributed by atoms with van der Waals surface area (Å²) in [5.41, 5.74) is 3.51. The highest BCUT2D eigenvalue weighted by molar-refractivity contribution is 7.89. The van der Waals surface area contributed by atoms with Crippen molar-refractivity contribution in [3.8, 4) is 11.5 Å². The number of benzene rings is 2. The van der Waals surface area contributed by atoms with E-state index in [0.29, 0.717) is 31.9 Å². The highest BCUT2D eigenvalue weighted by Gasteiger charge is 2.31. The maximum Gasteiger partial charge on any atom is 0.246 e. The maximum absolute atomic E-state index is 13.2. The summed E-state index contributed by atoms with van der Waals surface area (Å²) in [5.74, 6) is 0.836. The van der Waals surface area contributed by atoms with Crippen LogP contribution in [0.5, 0.6) is 11.5 Å². The normalized spacial score (nSPS) is 15.0. The van der Waals surface area contributed by atoms with Crippen LogP contribution >= 0.6 is 11.3 Å². The van der Waals surface area contributed by atoms with Crippen molar-refractivity contribution in [2.75, 3.05) is 45.3 Å². The second-order valence-corrected chi connectivity index (χ2v) is 10.4. The van der Waals surface area contributed by atoms with Crippen LogP contribution in [0.2, 0.25) is 0 Å². The maximum atomic E-state index is 13.2. The fourth-order valence-electron chi connectivity index (χ4n) is 3.68. The molecule has 4 rings (SSSR count). The minimum absolute atomic E-state index is 0.156. The van der Waals surface area contributed by atoms with Gasteiger partial charge < -0.3 is 14.4 Å². The van der Waals surface area contributed by atoms with Crippen LogP contribution in [0.15, 0.2) is 52.7 Å². The molecule has 0 radical (unpaired) electrons. The predicted octanol–water partition coefficient (Wildman–Crippen LogP) is 3.57. The molecule has 0 bridgehead atoms. The van der Waals surface area contributed by atoms with Crippen molar-refractivity contribution in [3.05, 3.63) is 64.7 Å². The van der Waals surface area contributed by atoms with E-state index in [0.717, 1.165) is 17.2 Å². The molecule has 1 saturated heterocycles. The molecule has 0 saturated carbocycles. The van der Waals surface area contributed by atoms with Gasteiger partial charge in [-0.1, -0.05) is 29.8 Å². The zero-order valence-corrected chi connectivity index (χ0v) is 20.1. The summed E-state index contributed by atoms with van der Waals surface area (Å²) in [6, 6.07) is 13.2. The van der Waals surface area contributed by atoms with Crippen molar-refractivity contribution in [3.63, 3.8) is 0 Å². The number of anilines is 1. The second-order valence-electron chi connectivity index (χ2n) is 7.69. The van der Waals surface area contributed by atoms with Crippen LogP contribution in [0, 0.1) is 6.92 Å². The number of thiazole rings is 1. The third kappa shape index (κ3) is 4.74. The van der Waals surface area contributed by atoms with E-state index in [1.165, 1.54) is 35.7 Å². The molecule has 32 heavy (non-hydrogen) atoms. The number of hydrogen-bond acceptors (Lipinski definition) is 7. The molecule has 0 amide bonds. The number of sulfonamides is 1. The Hall–Kier alpha value is -2.62. The van der Waals surface area contributed by atoms with Gasteiger partial charge in [0.1, 0.15) is 16.4 Å². The third-order valence-electron chi connectivity index (χ3n) is 5.54. The van der Waals surface area contributed by atoms with Crippen LogP contribution in [-0.4, -0.2) is 58.1 Å². The van der Waals surface area contributed by atoms with Crippen molar-refractivity contribution in [1.82, 2.24) is 9.29 Å². The lowest BCUT2D eigenvalue weighted by molar-refractivity contribution is 0.370. The fourth-order valence-corrected chi connectivity index (χ4v) is 6.12. The van der Waals surface area contributed by atoms with Gasteiger partial charge >= 0.3 is 0 Å². The largest absolute Gasteiger partial charge is 0.497 e. The summed E-state index contributed by atoms with van der Waals surface area (Å²) in [6.45, 7) is 4.05. The van der Waals surface area contributed by atoms with E-state index in [1.807, 2.05) is 0 Å². The summed E-state index contributed by atoms with van der Waals surface area (Å²) in [6.07, 6.45) is 0.794. The molecule has 0 unspecified atom stereocenters. The fraction of sp³-hybridized carbons (Fsp3) is 0.348. The molecular formula is C23H27N3O4S2. The van der Waals surface area contributed by atoms with Gasteiger partial charge in [0.15, 0.2) is 5.13 Å². The number of aryl methyl sites for hydroxylation is 1. The van der Waals surface area contributed by atoms with Gasteiger partial charge in [0.2, 0.25) is 10.0 Å². The number of ether oxygens (including phenoxy) is 2. The standard InChI is InChI=1S/C23H27N3O4S2/c1-17-4-6-18(7-5-17)14-19-16-31-23(24-19)25-10-12-26(13-11-25)32(27,28)22-9-8-20(29-2)15-21(22)30-3/h4-9,15-16H,10-14H2,1-3H3. The molecule has 1 aromatic heterocycles. The van der Waals surface area contributed by atoms with Crippen LogP contribution in [-0.2, 0) is 16.4 Å². The molecule has 2 heterocycles. The Balaban J connectivity index is 1.42. The highest BCUT2D eigenvalue weighted by Crippen LogP contribution is 2.32. The first-order chi connectivity index (χ1) is 15.4. The molecule has 0 N–H and O–H groups in total. The van der Waals surface area contributed by atoms with Crippen molar-refractivity contribution in [2.45, 2.75) is 18.2 Å². The first-order valence-corrected chi connectivity index (χ1v) is 12.7. The Morgan fingerprint density at radius 2 is 1.72 bits per heavy atom. The van der Waals surface area contributed by atoms with E-state index in [-0.39, 0.29) is 10.6 Å². The van der Waals surface area contributed by atoms with Gasteiger partial charge in [0, 0.05) is 44.0 Å². The van der Waals surface area contributed by atoms with E-state index in [1.54, 1.807) is 23.5 Å². The average Bonchev–Trinajstić information content (AvgIpc) is 3.28. The lowest BCUT2D eigenvalue weighted by Crippen LogP contribution is -2.48. The van der Waals surface area contributed by atoms with Crippen molar-refractivity contribution in [1.29, 1.82) is 0 Å². The van der Waals surface area contributed by atoms with Crippen LogP contribution in [0.25, 0.3) is 0 Å². The summed E-state index contributed by atoms with van der Waals surface area (Å²) in [4.78, 5) is 7.10. The number of piperazine rings is 1. The topological polar surface area (TPSA) is 72.0 Å². The minimum atomic E-state index is -3.67. The van der Waals surface area contributed by atoms with Gasteiger partial charge in [0.25, 0.3) is 0 Å². The summed E-state index contributed by atoms with van der Waals surface area (Å²) in [5, 5.41) is 3.02. The number of hydrogen-bond donors (Lipinski definition) is 0. The van der Waals surface area contributed by atoms with Crippen molar-refractivity contribution < 1.29 is 17.9 Å². The number of nitrogens with zero attached hydrogens (tertiary/aromatic N) is 3. The van der Waals surface area contributed by atoms with E-state index in [9.17, 15) is 8.42 Å². The monoisotopic (exact) mass is 473 g/mol. The first kappa shape index (κ1) is 22.6. The van der Waals surface area contributed by atoms with Crippen LogP contribution < -0.4 is 14.4 Å². The van der Waals surface area contributed by atoms with Crippen molar-refractivity contribution in [2.24, 2.45) is 0 Å². The zero-order valence-electron chi connectivity index (χ0n) is 18.4. The van der Waals surface area contributed by atoms with E-state index < -0.39 is 10.0 Å². The lowest BCUT2D eigenvalue weighted by Gasteiger charge is -2.34. The molecule has 1 fully saturated rings. The second kappa shape index (κ2) is 9.48. The molecule has 0 spiro atoms. The van der Waals surface area contributed by atoms with Crippen LogP contribution in [0.1, 0.15) is 16.8 Å². The van der Waals surface area contributed by atoms with Gasteiger partial charge in [0.05, 0.1) is 19.9 Å². The average molecular weight is 474 g/mol. The van der Waals surface area contributed by atoms with Gasteiger partial charge in [-0.15, -0.1) is 11.3 Å². The third-order valence-corrected chi connectivity index (χ3v) is 8.43. The van der Waals surface area contributed by atoms with Gasteiger partial charge in [-0.25, -0.2) is 13.4 Å².